The average Bonchev–Trinajstić information content (AvgIpc) is 2.74. The highest BCUT2D eigenvalue weighted by atomic mass is 32.2. The Bertz CT molecular complexity index is 1200. The zero-order valence-corrected chi connectivity index (χ0v) is 19.4. The third kappa shape index (κ3) is 5.16. The molecule has 4 rings (SSSR count). The lowest BCUT2D eigenvalue weighted by atomic mass is 9.91. The molecule has 0 radical (unpaired) electrons. The Hall–Kier alpha value is -2.77. The topological polar surface area (TPSA) is 62.3 Å². The van der Waals surface area contributed by atoms with E-state index in [-0.39, 0.29) is 10.3 Å². The molecule has 7 heteroatoms. The molecule has 0 unspecified atom stereocenters. The van der Waals surface area contributed by atoms with E-state index in [2.05, 4.69) is 47.5 Å². The van der Waals surface area contributed by atoms with Crippen LogP contribution in [0.25, 0.3) is 0 Å². The number of hydrogen-bond acceptors (Lipinski definition) is 4. The van der Waals surface area contributed by atoms with Crippen molar-refractivity contribution < 1.29 is 12.8 Å². The third-order valence-electron chi connectivity index (χ3n) is 5.68. The van der Waals surface area contributed by atoms with Crippen molar-refractivity contribution in [1.29, 1.82) is 0 Å². The fourth-order valence-corrected chi connectivity index (χ4v) is 4.95. The summed E-state index contributed by atoms with van der Waals surface area (Å²) in [4.78, 5) is 7.18. The third-order valence-corrected chi connectivity index (χ3v) is 7.05. The standard InChI is InChI=1S/C25H28FN3O2S/c1-25(2,3)24-11-4-18(15-27-24)16-29-13-12-19-14-23(10-5-20(19)17-29)32(30,31)28-22-8-6-21(26)7-9-22/h4-11,14-15,28H,12-13,16-17H2,1-3H3. The van der Waals surface area contributed by atoms with Gasteiger partial charge >= 0.3 is 0 Å². The molecule has 0 saturated heterocycles. The van der Waals surface area contributed by atoms with Crippen LogP contribution in [0.1, 0.15) is 43.2 Å². The summed E-state index contributed by atoms with van der Waals surface area (Å²) in [5.74, 6) is -0.410. The molecular weight excluding hydrogens is 425 g/mol. The highest BCUT2D eigenvalue weighted by Gasteiger charge is 2.21. The fraction of sp³-hybridized carbons (Fsp3) is 0.320. The summed E-state index contributed by atoms with van der Waals surface area (Å²) in [5.41, 5.74) is 4.80. The number of anilines is 1. The minimum atomic E-state index is -3.73. The molecule has 0 spiro atoms. The first kappa shape index (κ1) is 22.4. The molecule has 1 aliphatic heterocycles. The molecule has 0 amide bonds. The van der Waals surface area contributed by atoms with Gasteiger partial charge in [-0.3, -0.25) is 14.6 Å². The molecule has 168 valence electrons. The maximum absolute atomic E-state index is 13.1. The van der Waals surface area contributed by atoms with Crippen LogP contribution in [-0.2, 0) is 34.9 Å². The van der Waals surface area contributed by atoms with Gasteiger partial charge in [0.15, 0.2) is 0 Å². The minimum absolute atomic E-state index is 0.0339. The van der Waals surface area contributed by atoms with E-state index < -0.39 is 15.8 Å². The predicted molar refractivity (Wildman–Crippen MR) is 124 cm³/mol. The van der Waals surface area contributed by atoms with Gasteiger partial charge in [-0.25, -0.2) is 12.8 Å². The van der Waals surface area contributed by atoms with E-state index in [9.17, 15) is 12.8 Å². The van der Waals surface area contributed by atoms with E-state index in [1.165, 1.54) is 29.8 Å². The molecule has 0 bridgehead atoms. The largest absolute Gasteiger partial charge is 0.294 e. The molecule has 1 aromatic heterocycles. The molecule has 0 fully saturated rings. The summed E-state index contributed by atoms with van der Waals surface area (Å²) in [6.45, 7) is 8.88. The number of aromatic nitrogens is 1. The molecule has 1 aliphatic rings. The molecule has 5 nitrogen and oxygen atoms in total. The second kappa shape index (κ2) is 8.64. The van der Waals surface area contributed by atoms with Crippen molar-refractivity contribution in [2.45, 2.75) is 50.6 Å². The van der Waals surface area contributed by atoms with Gasteiger partial charge in [-0.05, 0) is 65.6 Å². The number of benzene rings is 2. The van der Waals surface area contributed by atoms with Crippen molar-refractivity contribution in [2.24, 2.45) is 0 Å². The zero-order chi connectivity index (χ0) is 22.9. The molecule has 3 aromatic rings. The van der Waals surface area contributed by atoms with Crippen molar-refractivity contribution >= 4 is 15.7 Å². The summed E-state index contributed by atoms with van der Waals surface area (Å²) < 4.78 is 41.1. The summed E-state index contributed by atoms with van der Waals surface area (Å²) in [5, 5.41) is 0. The van der Waals surface area contributed by atoms with Crippen molar-refractivity contribution in [3.8, 4) is 0 Å². The van der Waals surface area contributed by atoms with Crippen LogP contribution >= 0.6 is 0 Å². The quantitative estimate of drug-likeness (QED) is 0.598. The number of pyridine rings is 1. The van der Waals surface area contributed by atoms with Gasteiger partial charge in [-0.2, -0.15) is 0 Å². The van der Waals surface area contributed by atoms with Crippen molar-refractivity contribution in [2.75, 3.05) is 11.3 Å². The fourth-order valence-electron chi connectivity index (χ4n) is 3.84. The van der Waals surface area contributed by atoms with Gasteiger partial charge in [0.25, 0.3) is 10.0 Å². The lowest BCUT2D eigenvalue weighted by molar-refractivity contribution is 0.245. The Morgan fingerprint density at radius 1 is 1.03 bits per heavy atom. The monoisotopic (exact) mass is 453 g/mol. The highest BCUT2D eigenvalue weighted by molar-refractivity contribution is 7.92. The van der Waals surface area contributed by atoms with E-state index in [1.807, 2.05) is 12.3 Å². The van der Waals surface area contributed by atoms with E-state index in [0.717, 1.165) is 42.9 Å². The Morgan fingerprint density at radius 3 is 2.44 bits per heavy atom. The van der Waals surface area contributed by atoms with Gasteiger partial charge in [-0.1, -0.05) is 32.9 Å². The summed E-state index contributed by atoms with van der Waals surface area (Å²) >= 11 is 0. The number of nitrogens with one attached hydrogen (secondary N) is 1. The van der Waals surface area contributed by atoms with E-state index in [1.54, 1.807) is 12.1 Å². The first-order valence-electron chi connectivity index (χ1n) is 10.7. The lowest BCUT2D eigenvalue weighted by Gasteiger charge is -2.29. The van der Waals surface area contributed by atoms with Crippen molar-refractivity contribution in [3.05, 3.63) is 89.0 Å². The number of nitrogens with zero attached hydrogens (tertiary/aromatic N) is 2. The van der Waals surface area contributed by atoms with E-state index >= 15 is 0 Å². The second-order valence-corrected chi connectivity index (χ2v) is 11.0. The Kier molecular flexibility index (Phi) is 6.05. The van der Waals surface area contributed by atoms with Gasteiger partial charge in [0.05, 0.1) is 4.90 Å². The maximum Gasteiger partial charge on any atom is 0.261 e. The van der Waals surface area contributed by atoms with Crippen LogP contribution in [0.15, 0.2) is 65.7 Å². The number of hydrogen-bond donors (Lipinski definition) is 1. The molecule has 0 aliphatic carbocycles. The number of sulfonamides is 1. The summed E-state index contributed by atoms with van der Waals surface area (Å²) in [6.07, 6.45) is 2.73. The molecule has 0 saturated carbocycles. The van der Waals surface area contributed by atoms with Gasteiger partial charge < -0.3 is 0 Å². The maximum atomic E-state index is 13.1. The molecule has 0 atom stereocenters. The Labute approximate surface area is 189 Å². The van der Waals surface area contributed by atoms with Crippen LogP contribution in [0.4, 0.5) is 10.1 Å². The van der Waals surface area contributed by atoms with Crippen LogP contribution < -0.4 is 4.72 Å². The van der Waals surface area contributed by atoms with Gasteiger partial charge in [0.1, 0.15) is 5.82 Å². The Balaban J connectivity index is 1.44. The van der Waals surface area contributed by atoms with Crippen LogP contribution in [-0.4, -0.2) is 24.8 Å². The second-order valence-electron chi connectivity index (χ2n) is 9.31. The van der Waals surface area contributed by atoms with Crippen LogP contribution in [0.3, 0.4) is 0 Å². The normalized spacial score (nSPS) is 14.8. The van der Waals surface area contributed by atoms with Crippen LogP contribution in [0.5, 0.6) is 0 Å². The minimum Gasteiger partial charge on any atom is -0.294 e. The number of fused-ring (bicyclic) bond motifs is 1. The summed E-state index contributed by atoms with van der Waals surface area (Å²) in [7, 11) is -3.73. The predicted octanol–water partition coefficient (Wildman–Crippen LogP) is 4.88. The van der Waals surface area contributed by atoms with Gasteiger partial charge in [0.2, 0.25) is 0 Å². The molecule has 32 heavy (non-hydrogen) atoms. The van der Waals surface area contributed by atoms with E-state index in [0.29, 0.717) is 5.69 Å². The highest BCUT2D eigenvalue weighted by Crippen LogP contribution is 2.26. The zero-order valence-electron chi connectivity index (χ0n) is 18.6. The number of rotatable bonds is 5. The first-order valence-corrected chi connectivity index (χ1v) is 12.2. The summed E-state index contributed by atoms with van der Waals surface area (Å²) in [6, 6.07) is 14.8. The Morgan fingerprint density at radius 2 is 1.78 bits per heavy atom. The molecule has 2 heterocycles. The van der Waals surface area contributed by atoms with Gasteiger partial charge in [0, 0.05) is 42.6 Å². The average molecular weight is 454 g/mol. The smallest absolute Gasteiger partial charge is 0.261 e. The molecule has 1 N–H and O–H groups in total. The van der Waals surface area contributed by atoms with Crippen molar-refractivity contribution in [3.63, 3.8) is 0 Å². The SMILES string of the molecule is CC(C)(C)c1ccc(CN2CCc3cc(S(=O)(=O)Nc4ccc(F)cc4)ccc3C2)cn1. The van der Waals surface area contributed by atoms with E-state index in [4.69, 9.17) is 0 Å². The number of halogens is 1. The lowest BCUT2D eigenvalue weighted by Crippen LogP contribution is -2.30. The first-order chi connectivity index (χ1) is 15.1. The van der Waals surface area contributed by atoms with Crippen LogP contribution in [0, 0.1) is 5.82 Å². The van der Waals surface area contributed by atoms with Crippen LogP contribution in [0.2, 0.25) is 0 Å². The van der Waals surface area contributed by atoms with Crippen molar-refractivity contribution in [1.82, 2.24) is 9.88 Å². The molecule has 2 aromatic carbocycles. The molecular formula is C25H28FN3O2S. The van der Waals surface area contributed by atoms with Gasteiger partial charge in [-0.15, -0.1) is 0 Å².